The highest BCUT2D eigenvalue weighted by Crippen LogP contribution is 2.33. The van der Waals surface area contributed by atoms with E-state index in [4.69, 9.17) is 4.74 Å². The van der Waals surface area contributed by atoms with Gasteiger partial charge in [-0.25, -0.2) is 9.78 Å². The van der Waals surface area contributed by atoms with E-state index in [9.17, 15) is 4.79 Å². The van der Waals surface area contributed by atoms with Gasteiger partial charge in [0.05, 0.1) is 6.61 Å². The first-order valence-corrected chi connectivity index (χ1v) is 6.31. The molecule has 0 fully saturated rings. The SMILES string of the molecule is COCC(C)(C)CCC(C)(C)c1cnc(=O)[nH]c1. The highest BCUT2D eigenvalue weighted by Gasteiger charge is 2.26. The Balaban J connectivity index is 2.70. The van der Waals surface area contributed by atoms with E-state index in [0.29, 0.717) is 0 Å². The van der Waals surface area contributed by atoms with Gasteiger partial charge in [-0.3, -0.25) is 0 Å². The average molecular weight is 252 g/mol. The fraction of sp³-hybridized carbons (Fsp3) is 0.714. The van der Waals surface area contributed by atoms with Crippen LogP contribution in [0.5, 0.6) is 0 Å². The number of ether oxygens (including phenoxy) is 1. The molecule has 4 nitrogen and oxygen atoms in total. The van der Waals surface area contributed by atoms with Crippen LogP contribution >= 0.6 is 0 Å². The molecule has 1 N–H and O–H groups in total. The predicted octanol–water partition coefficient (Wildman–Crippen LogP) is 2.50. The second-order valence-electron chi connectivity index (χ2n) is 6.29. The van der Waals surface area contributed by atoms with E-state index in [1.54, 1.807) is 19.5 Å². The van der Waals surface area contributed by atoms with Crippen LogP contribution in [-0.4, -0.2) is 23.7 Å². The Hall–Kier alpha value is -1.16. The number of aromatic amines is 1. The van der Waals surface area contributed by atoms with Gasteiger partial charge in [0, 0.05) is 19.5 Å². The lowest BCUT2D eigenvalue weighted by molar-refractivity contribution is 0.0922. The van der Waals surface area contributed by atoms with Crippen molar-refractivity contribution in [3.05, 3.63) is 28.4 Å². The van der Waals surface area contributed by atoms with Crippen LogP contribution in [0.15, 0.2) is 17.2 Å². The Bertz CT molecular complexity index is 415. The van der Waals surface area contributed by atoms with Gasteiger partial charge in [0.2, 0.25) is 0 Å². The summed E-state index contributed by atoms with van der Waals surface area (Å²) < 4.78 is 5.23. The van der Waals surface area contributed by atoms with E-state index in [2.05, 4.69) is 37.7 Å². The largest absolute Gasteiger partial charge is 0.384 e. The predicted molar refractivity (Wildman–Crippen MR) is 72.8 cm³/mol. The molecule has 18 heavy (non-hydrogen) atoms. The van der Waals surface area contributed by atoms with Crippen molar-refractivity contribution in [3.8, 4) is 0 Å². The Morgan fingerprint density at radius 3 is 2.44 bits per heavy atom. The molecule has 0 radical (unpaired) electrons. The number of H-pyrrole nitrogens is 1. The Morgan fingerprint density at radius 2 is 1.94 bits per heavy atom. The standard InChI is InChI=1S/C14H24N2O2/c1-13(2,10-18-5)6-7-14(3,4)11-8-15-12(17)16-9-11/h8-9H,6-7,10H2,1-5H3,(H,15,16,17). The number of methoxy groups -OCH3 is 1. The number of hydrogen-bond donors (Lipinski definition) is 1. The number of nitrogens with one attached hydrogen (secondary N) is 1. The van der Waals surface area contributed by atoms with Gasteiger partial charge >= 0.3 is 5.69 Å². The van der Waals surface area contributed by atoms with Gasteiger partial charge in [0.15, 0.2) is 0 Å². The van der Waals surface area contributed by atoms with E-state index >= 15 is 0 Å². The maximum Gasteiger partial charge on any atom is 0.344 e. The van der Waals surface area contributed by atoms with E-state index in [1.807, 2.05) is 0 Å². The van der Waals surface area contributed by atoms with Gasteiger partial charge in [0.1, 0.15) is 0 Å². The molecule has 0 amide bonds. The summed E-state index contributed by atoms with van der Waals surface area (Å²) in [5.74, 6) is 0. The molecule has 0 saturated carbocycles. The van der Waals surface area contributed by atoms with E-state index in [-0.39, 0.29) is 16.5 Å². The maximum absolute atomic E-state index is 11.0. The van der Waals surface area contributed by atoms with Gasteiger partial charge in [-0.1, -0.05) is 27.7 Å². The number of nitrogens with zero attached hydrogens (tertiary/aromatic N) is 1. The molecule has 4 heteroatoms. The van der Waals surface area contributed by atoms with Gasteiger partial charge in [0.25, 0.3) is 0 Å². The van der Waals surface area contributed by atoms with E-state index < -0.39 is 0 Å². The van der Waals surface area contributed by atoms with Crippen molar-refractivity contribution in [1.29, 1.82) is 0 Å². The molecule has 0 aromatic carbocycles. The molecule has 1 aromatic rings. The van der Waals surface area contributed by atoms with Crippen LogP contribution in [0.1, 0.15) is 46.1 Å². The summed E-state index contributed by atoms with van der Waals surface area (Å²) in [6.45, 7) is 9.51. The molecule has 0 aliphatic heterocycles. The van der Waals surface area contributed by atoms with Crippen molar-refractivity contribution in [2.24, 2.45) is 5.41 Å². The zero-order valence-electron chi connectivity index (χ0n) is 12.0. The molecule has 1 rings (SSSR count). The van der Waals surface area contributed by atoms with Crippen LogP contribution in [0.4, 0.5) is 0 Å². The fourth-order valence-corrected chi connectivity index (χ4v) is 1.97. The number of rotatable bonds is 6. The minimum Gasteiger partial charge on any atom is -0.384 e. The lowest BCUT2D eigenvalue weighted by atomic mass is 9.76. The van der Waals surface area contributed by atoms with Crippen LogP contribution in [0.25, 0.3) is 0 Å². The van der Waals surface area contributed by atoms with Gasteiger partial charge in [-0.2, -0.15) is 0 Å². The lowest BCUT2D eigenvalue weighted by Crippen LogP contribution is -2.25. The minimum atomic E-state index is -0.297. The van der Waals surface area contributed by atoms with Crippen molar-refractivity contribution < 1.29 is 4.74 Å². The number of aromatic nitrogens is 2. The van der Waals surface area contributed by atoms with Crippen molar-refractivity contribution in [3.63, 3.8) is 0 Å². The topological polar surface area (TPSA) is 55.0 Å². The molecule has 0 bridgehead atoms. The molecule has 0 aliphatic rings. The van der Waals surface area contributed by atoms with Gasteiger partial charge < -0.3 is 9.72 Å². The number of hydrogen-bond acceptors (Lipinski definition) is 3. The Kier molecular flexibility index (Phi) is 4.68. The molecular formula is C14H24N2O2. The zero-order chi connectivity index (χ0) is 13.8. The third-order valence-corrected chi connectivity index (χ3v) is 3.42. The highest BCUT2D eigenvalue weighted by atomic mass is 16.5. The fourth-order valence-electron chi connectivity index (χ4n) is 1.97. The molecule has 0 unspecified atom stereocenters. The Labute approximate surface area is 109 Å². The summed E-state index contributed by atoms with van der Waals surface area (Å²) in [6.07, 6.45) is 5.52. The molecule has 0 atom stereocenters. The first-order chi connectivity index (χ1) is 8.27. The summed E-state index contributed by atoms with van der Waals surface area (Å²) in [7, 11) is 1.73. The van der Waals surface area contributed by atoms with Crippen molar-refractivity contribution >= 4 is 0 Å². The monoisotopic (exact) mass is 252 g/mol. The van der Waals surface area contributed by atoms with E-state index in [0.717, 1.165) is 25.0 Å². The maximum atomic E-state index is 11.0. The van der Waals surface area contributed by atoms with Crippen LogP contribution in [0.2, 0.25) is 0 Å². The third kappa shape index (κ3) is 4.26. The van der Waals surface area contributed by atoms with Crippen LogP contribution in [0.3, 0.4) is 0 Å². The van der Waals surface area contributed by atoms with Crippen LogP contribution in [-0.2, 0) is 10.2 Å². The average Bonchev–Trinajstić information content (AvgIpc) is 2.27. The summed E-state index contributed by atoms with van der Waals surface area (Å²) in [5.41, 5.74) is 0.939. The zero-order valence-corrected chi connectivity index (χ0v) is 12.0. The van der Waals surface area contributed by atoms with Crippen molar-refractivity contribution in [2.75, 3.05) is 13.7 Å². The Morgan fingerprint density at radius 1 is 1.28 bits per heavy atom. The molecule has 1 heterocycles. The van der Waals surface area contributed by atoms with Crippen LogP contribution < -0.4 is 5.69 Å². The van der Waals surface area contributed by atoms with Crippen molar-refractivity contribution in [1.82, 2.24) is 9.97 Å². The molecule has 0 aliphatic carbocycles. The first-order valence-electron chi connectivity index (χ1n) is 6.31. The van der Waals surface area contributed by atoms with Gasteiger partial charge in [-0.05, 0) is 29.2 Å². The first kappa shape index (κ1) is 14.9. The van der Waals surface area contributed by atoms with Crippen molar-refractivity contribution in [2.45, 2.75) is 46.0 Å². The summed E-state index contributed by atoms with van der Waals surface area (Å²) in [5, 5.41) is 0. The molecule has 102 valence electrons. The minimum absolute atomic E-state index is 0.00219. The molecule has 1 aromatic heterocycles. The summed E-state index contributed by atoms with van der Waals surface area (Å²) in [4.78, 5) is 17.4. The smallest absolute Gasteiger partial charge is 0.344 e. The highest BCUT2D eigenvalue weighted by molar-refractivity contribution is 5.15. The molecular weight excluding hydrogens is 228 g/mol. The van der Waals surface area contributed by atoms with Gasteiger partial charge in [-0.15, -0.1) is 0 Å². The van der Waals surface area contributed by atoms with Crippen LogP contribution in [0, 0.1) is 5.41 Å². The van der Waals surface area contributed by atoms with E-state index in [1.165, 1.54) is 0 Å². The third-order valence-electron chi connectivity index (χ3n) is 3.42. The molecule has 0 saturated heterocycles. The quantitative estimate of drug-likeness (QED) is 0.846. The second kappa shape index (κ2) is 5.65. The second-order valence-corrected chi connectivity index (χ2v) is 6.29. The summed E-state index contributed by atoms with van der Waals surface area (Å²) >= 11 is 0. The summed E-state index contributed by atoms with van der Waals surface area (Å²) in [6, 6.07) is 0. The molecule has 0 spiro atoms. The normalized spacial score (nSPS) is 12.7. The lowest BCUT2D eigenvalue weighted by Gasteiger charge is -2.30.